The minimum absolute atomic E-state index is 0.0299. The lowest BCUT2D eigenvalue weighted by molar-refractivity contribution is -0.145. The van der Waals surface area contributed by atoms with E-state index in [2.05, 4.69) is 5.32 Å². The summed E-state index contributed by atoms with van der Waals surface area (Å²) in [4.78, 5) is 39.6. The van der Waals surface area contributed by atoms with Gasteiger partial charge < -0.3 is 10.1 Å². The van der Waals surface area contributed by atoms with Crippen molar-refractivity contribution >= 4 is 56.7 Å². The van der Waals surface area contributed by atoms with Crippen LogP contribution in [0.25, 0.3) is 0 Å². The first-order valence-electron chi connectivity index (χ1n) is 11.9. The minimum atomic E-state index is -4.20. The molecule has 0 aliphatic heterocycles. The van der Waals surface area contributed by atoms with Crippen molar-refractivity contribution in [3.8, 4) is 0 Å². The van der Waals surface area contributed by atoms with Gasteiger partial charge in [-0.05, 0) is 49.2 Å². The van der Waals surface area contributed by atoms with Crippen molar-refractivity contribution in [3.05, 3.63) is 99.5 Å². The van der Waals surface area contributed by atoms with E-state index in [1.807, 2.05) is 0 Å². The average molecular weight is 592 g/mol. The van der Waals surface area contributed by atoms with Crippen molar-refractivity contribution in [3.63, 3.8) is 0 Å². The molecule has 11 heteroatoms. The van der Waals surface area contributed by atoms with Crippen molar-refractivity contribution in [2.45, 2.75) is 31.8 Å². The highest BCUT2D eigenvalue weighted by molar-refractivity contribution is 7.86. The molecule has 0 heterocycles. The molecule has 0 bridgehead atoms. The number of esters is 1. The molecule has 0 saturated heterocycles. The summed E-state index contributed by atoms with van der Waals surface area (Å²) in [5.74, 6) is -2.01. The van der Waals surface area contributed by atoms with Gasteiger partial charge in [0.2, 0.25) is 0 Å². The first kappa shape index (κ1) is 30.3. The van der Waals surface area contributed by atoms with Gasteiger partial charge >= 0.3 is 5.97 Å². The van der Waals surface area contributed by atoms with Gasteiger partial charge in [0.05, 0.1) is 23.6 Å². The molecule has 3 aromatic rings. The van der Waals surface area contributed by atoms with Crippen LogP contribution < -0.4 is 5.32 Å². The third kappa shape index (κ3) is 8.37. The maximum Gasteiger partial charge on any atom is 0.305 e. The highest BCUT2D eigenvalue weighted by atomic mass is 35.5. The van der Waals surface area contributed by atoms with E-state index in [1.54, 1.807) is 55.5 Å². The lowest BCUT2D eigenvalue weighted by atomic mass is 9.88. The molecular weight excluding hydrogens is 565 g/mol. The van der Waals surface area contributed by atoms with Crippen molar-refractivity contribution in [1.29, 1.82) is 0 Å². The second-order valence-corrected chi connectivity index (χ2v) is 11.1. The topological polar surface area (TPSA) is 116 Å². The standard InChI is InChI=1S/C28H27Cl2NO7S/c1-3-37-25(32)15-16-28(38-39(2,35)36,18-19-9-5-4-6-10-19)27(34)31-24-14-13-20(29)17-22(24)26(33)21-11-7-8-12-23(21)30/h4-14,17H,3,15-16,18H2,1-2H3,(H,31,34). The molecule has 0 spiro atoms. The maximum absolute atomic E-state index is 13.9. The highest BCUT2D eigenvalue weighted by Crippen LogP contribution is 2.31. The van der Waals surface area contributed by atoms with E-state index in [9.17, 15) is 22.8 Å². The molecule has 8 nitrogen and oxygen atoms in total. The lowest BCUT2D eigenvalue weighted by Crippen LogP contribution is -2.49. The molecule has 3 aromatic carbocycles. The van der Waals surface area contributed by atoms with E-state index in [1.165, 1.54) is 24.3 Å². The Morgan fingerprint density at radius 1 is 0.923 bits per heavy atom. The number of ether oxygens (including phenoxy) is 1. The molecule has 39 heavy (non-hydrogen) atoms. The first-order chi connectivity index (χ1) is 18.4. The van der Waals surface area contributed by atoms with Crippen LogP contribution in [-0.2, 0) is 35.0 Å². The zero-order valence-electron chi connectivity index (χ0n) is 21.3. The Bertz CT molecular complexity index is 1460. The zero-order valence-corrected chi connectivity index (χ0v) is 23.6. The van der Waals surface area contributed by atoms with Gasteiger partial charge in [0, 0.05) is 29.0 Å². The first-order valence-corrected chi connectivity index (χ1v) is 14.5. The van der Waals surface area contributed by atoms with Gasteiger partial charge in [-0.1, -0.05) is 65.7 Å². The van der Waals surface area contributed by atoms with Crippen molar-refractivity contribution < 1.29 is 31.7 Å². The maximum atomic E-state index is 13.9. The van der Waals surface area contributed by atoms with Gasteiger partial charge in [-0.3, -0.25) is 18.6 Å². The van der Waals surface area contributed by atoms with Crippen molar-refractivity contribution in [2.75, 3.05) is 18.2 Å². The van der Waals surface area contributed by atoms with Gasteiger partial charge in [-0.2, -0.15) is 8.42 Å². The van der Waals surface area contributed by atoms with Crippen molar-refractivity contribution in [1.82, 2.24) is 0 Å². The van der Waals surface area contributed by atoms with E-state index in [0.717, 1.165) is 6.26 Å². The number of benzene rings is 3. The van der Waals surface area contributed by atoms with Crippen LogP contribution in [0.15, 0.2) is 72.8 Å². The normalized spacial score (nSPS) is 12.8. The molecule has 0 fully saturated rings. The fraction of sp³-hybridized carbons (Fsp3) is 0.250. The number of hydrogen-bond donors (Lipinski definition) is 1. The van der Waals surface area contributed by atoms with Crippen molar-refractivity contribution in [2.24, 2.45) is 0 Å². The summed E-state index contributed by atoms with van der Waals surface area (Å²) in [6.07, 6.45) is 0.0171. The summed E-state index contributed by atoms with van der Waals surface area (Å²) in [5, 5.41) is 3.08. The molecule has 0 aliphatic rings. The Labute approximate surface area is 237 Å². The summed E-state index contributed by atoms with van der Waals surface area (Å²) >= 11 is 12.4. The van der Waals surface area contributed by atoms with E-state index in [0.29, 0.717) is 5.56 Å². The van der Waals surface area contributed by atoms with Crippen LogP contribution in [0.4, 0.5) is 5.69 Å². The van der Waals surface area contributed by atoms with Gasteiger partial charge in [-0.15, -0.1) is 0 Å². The van der Waals surface area contributed by atoms with Crippen LogP contribution >= 0.6 is 23.2 Å². The predicted molar refractivity (Wildman–Crippen MR) is 150 cm³/mol. The number of hydrogen-bond acceptors (Lipinski definition) is 7. The molecule has 1 N–H and O–H groups in total. The number of rotatable bonds is 12. The van der Waals surface area contributed by atoms with Gasteiger partial charge in [0.25, 0.3) is 16.0 Å². The van der Waals surface area contributed by atoms with Gasteiger partial charge in [0.15, 0.2) is 11.4 Å². The zero-order chi connectivity index (χ0) is 28.6. The van der Waals surface area contributed by atoms with E-state index in [4.69, 9.17) is 32.1 Å². The van der Waals surface area contributed by atoms with Crippen LogP contribution in [0.1, 0.15) is 41.3 Å². The Kier molecular flexibility index (Phi) is 10.3. The smallest absolute Gasteiger partial charge is 0.305 e. The van der Waals surface area contributed by atoms with E-state index >= 15 is 0 Å². The fourth-order valence-corrected chi connectivity index (χ4v) is 5.17. The van der Waals surface area contributed by atoms with Crippen LogP contribution in [0.5, 0.6) is 0 Å². The Balaban J connectivity index is 2.08. The number of carbonyl (C=O) groups is 3. The molecule has 0 aliphatic carbocycles. The minimum Gasteiger partial charge on any atom is -0.466 e. The van der Waals surface area contributed by atoms with Gasteiger partial charge in [0.1, 0.15) is 0 Å². The SMILES string of the molecule is CCOC(=O)CCC(Cc1ccccc1)(OS(C)(=O)=O)C(=O)Nc1ccc(Cl)cc1C(=O)c1ccccc1Cl. The van der Waals surface area contributed by atoms with E-state index in [-0.39, 0.29) is 52.7 Å². The Morgan fingerprint density at radius 2 is 1.59 bits per heavy atom. The van der Waals surface area contributed by atoms with E-state index < -0.39 is 33.4 Å². The highest BCUT2D eigenvalue weighted by Gasteiger charge is 2.44. The number of halogens is 2. The number of carbonyl (C=O) groups excluding carboxylic acids is 3. The van der Waals surface area contributed by atoms with Crippen LogP contribution in [0, 0.1) is 0 Å². The molecule has 1 atom stereocenters. The van der Waals surface area contributed by atoms with Crippen LogP contribution in [-0.4, -0.2) is 44.5 Å². The van der Waals surface area contributed by atoms with Crippen LogP contribution in [0.2, 0.25) is 10.0 Å². The largest absolute Gasteiger partial charge is 0.466 e. The quantitative estimate of drug-likeness (QED) is 0.169. The monoisotopic (exact) mass is 591 g/mol. The third-order valence-electron chi connectivity index (χ3n) is 5.69. The lowest BCUT2D eigenvalue weighted by Gasteiger charge is -2.31. The number of nitrogens with one attached hydrogen (secondary N) is 1. The summed E-state index contributed by atoms with van der Waals surface area (Å²) in [7, 11) is -4.20. The fourth-order valence-electron chi connectivity index (χ4n) is 3.98. The molecule has 1 unspecified atom stereocenters. The van der Waals surface area contributed by atoms with Gasteiger partial charge in [-0.25, -0.2) is 0 Å². The molecule has 0 radical (unpaired) electrons. The number of anilines is 1. The molecule has 1 amide bonds. The number of amides is 1. The predicted octanol–water partition coefficient (Wildman–Crippen LogP) is 5.46. The summed E-state index contributed by atoms with van der Waals surface area (Å²) < 4.78 is 35.2. The molecule has 0 saturated carbocycles. The molecule has 3 rings (SSSR count). The Morgan fingerprint density at radius 3 is 2.23 bits per heavy atom. The average Bonchev–Trinajstić information content (AvgIpc) is 2.88. The molecule has 206 valence electrons. The summed E-state index contributed by atoms with van der Waals surface area (Å²) in [5.41, 5.74) is -1.19. The summed E-state index contributed by atoms with van der Waals surface area (Å²) in [6, 6.07) is 19.3. The Hall–Kier alpha value is -3.24. The second-order valence-electron chi connectivity index (χ2n) is 8.70. The van der Waals surface area contributed by atoms with Crippen LogP contribution in [0.3, 0.4) is 0 Å². The summed E-state index contributed by atoms with van der Waals surface area (Å²) in [6.45, 7) is 1.74. The second kappa shape index (κ2) is 13.2. The number of ketones is 1. The molecular formula is C28H27Cl2NO7S. The molecule has 0 aromatic heterocycles. The third-order valence-corrected chi connectivity index (χ3v) is 6.87.